The molecule has 0 bridgehead atoms. The standard InChI is InChI=1S/C17H37N3/c1-14(2)10-17(13-18,11-15(3)4)20-9-7-8-16(20)12-19(5)6/h14-16H,7-13,18H2,1-6H3. The van der Waals surface area contributed by atoms with Crippen LogP contribution in [0.1, 0.15) is 53.4 Å². The van der Waals surface area contributed by atoms with Crippen LogP contribution in [0.5, 0.6) is 0 Å². The SMILES string of the molecule is CC(C)CC(CN)(CC(C)C)N1CCCC1CN(C)C. The molecule has 1 aliphatic rings. The predicted molar refractivity (Wildman–Crippen MR) is 89.0 cm³/mol. The van der Waals surface area contributed by atoms with Crippen molar-refractivity contribution in [3.8, 4) is 0 Å². The summed E-state index contributed by atoms with van der Waals surface area (Å²) >= 11 is 0. The fourth-order valence-electron chi connectivity index (χ4n) is 4.19. The Hall–Kier alpha value is -0.120. The van der Waals surface area contributed by atoms with Gasteiger partial charge in [0.25, 0.3) is 0 Å². The summed E-state index contributed by atoms with van der Waals surface area (Å²) in [6, 6.07) is 0.686. The molecule has 120 valence electrons. The second-order valence-corrected chi connectivity index (χ2v) is 7.88. The molecule has 1 saturated heterocycles. The summed E-state index contributed by atoms with van der Waals surface area (Å²) in [7, 11) is 4.37. The van der Waals surface area contributed by atoms with Crippen LogP contribution in [0.25, 0.3) is 0 Å². The lowest BCUT2D eigenvalue weighted by molar-refractivity contribution is 0.0335. The zero-order valence-corrected chi connectivity index (χ0v) is 14.7. The van der Waals surface area contributed by atoms with Gasteiger partial charge in [-0.2, -0.15) is 0 Å². The van der Waals surface area contributed by atoms with Crippen molar-refractivity contribution in [2.24, 2.45) is 17.6 Å². The number of hydrogen-bond donors (Lipinski definition) is 1. The Balaban J connectivity index is 2.94. The highest BCUT2D eigenvalue weighted by atomic mass is 15.3. The number of likely N-dealkylation sites (N-methyl/N-ethyl adjacent to an activating group) is 1. The summed E-state index contributed by atoms with van der Waals surface area (Å²) in [6.45, 7) is 12.5. The van der Waals surface area contributed by atoms with Crippen LogP contribution in [0.3, 0.4) is 0 Å². The van der Waals surface area contributed by atoms with E-state index >= 15 is 0 Å². The number of likely N-dealkylation sites (tertiary alicyclic amines) is 1. The van der Waals surface area contributed by atoms with Gasteiger partial charge in [0.2, 0.25) is 0 Å². The van der Waals surface area contributed by atoms with Crippen LogP contribution in [0.2, 0.25) is 0 Å². The van der Waals surface area contributed by atoms with Crippen LogP contribution in [0, 0.1) is 11.8 Å². The first-order chi connectivity index (χ1) is 9.30. The molecule has 1 heterocycles. The third-order valence-corrected chi connectivity index (χ3v) is 4.52. The lowest BCUT2D eigenvalue weighted by Gasteiger charge is -2.47. The van der Waals surface area contributed by atoms with Gasteiger partial charge in [-0.05, 0) is 58.2 Å². The molecule has 0 aliphatic carbocycles. The van der Waals surface area contributed by atoms with Gasteiger partial charge in [0.1, 0.15) is 0 Å². The highest BCUT2D eigenvalue weighted by Crippen LogP contribution is 2.36. The zero-order valence-electron chi connectivity index (χ0n) is 14.7. The fourth-order valence-corrected chi connectivity index (χ4v) is 4.19. The van der Waals surface area contributed by atoms with E-state index in [9.17, 15) is 0 Å². The van der Waals surface area contributed by atoms with E-state index in [0.717, 1.165) is 13.1 Å². The van der Waals surface area contributed by atoms with Crippen LogP contribution in [0.4, 0.5) is 0 Å². The number of nitrogens with zero attached hydrogens (tertiary/aromatic N) is 2. The van der Waals surface area contributed by atoms with E-state index in [1.807, 2.05) is 0 Å². The molecular weight excluding hydrogens is 246 g/mol. The van der Waals surface area contributed by atoms with Gasteiger partial charge >= 0.3 is 0 Å². The van der Waals surface area contributed by atoms with Crippen molar-refractivity contribution in [3.63, 3.8) is 0 Å². The van der Waals surface area contributed by atoms with Crippen LogP contribution >= 0.6 is 0 Å². The maximum absolute atomic E-state index is 6.32. The van der Waals surface area contributed by atoms with Crippen molar-refractivity contribution < 1.29 is 0 Å². The topological polar surface area (TPSA) is 32.5 Å². The summed E-state index contributed by atoms with van der Waals surface area (Å²) in [4.78, 5) is 5.10. The van der Waals surface area contributed by atoms with E-state index < -0.39 is 0 Å². The smallest absolute Gasteiger partial charge is 0.0340 e. The van der Waals surface area contributed by atoms with E-state index in [-0.39, 0.29) is 5.54 Å². The predicted octanol–water partition coefficient (Wildman–Crippen LogP) is 2.80. The van der Waals surface area contributed by atoms with Crippen LogP contribution in [-0.4, -0.2) is 55.1 Å². The Morgan fingerprint density at radius 1 is 1.15 bits per heavy atom. The molecular formula is C17H37N3. The molecule has 3 heteroatoms. The molecule has 3 nitrogen and oxygen atoms in total. The molecule has 1 unspecified atom stereocenters. The number of nitrogens with two attached hydrogens (primary N) is 1. The van der Waals surface area contributed by atoms with Crippen LogP contribution in [0.15, 0.2) is 0 Å². The molecule has 1 atom stereocenters. The van der Waals surface area contributed by atoms with Gasteiger partial charge in [0.05, 0.1) is 0 Å². The Morgan fingerprint density at radius 2 is 1.70 bits per heavy atom. The lowest BCUT2D eigenvalue weighted by Crippen LogP contribution is -2.58. The molecule has 1 aliphatic heterocycles. The van der Waals surface area contributed by atoms with Gasteiger partial charge in [-0.3, -0.25) is 4.90 Å². The lowest BCUT2D eigenvalue weighted by atomic mass is 9.80. The van der Waals surface area contributed by atoms with Crippen molar-refractivity contribution in [3.05, 3.63) is 0 Å². The molecule has 0 aromatic rings. The summed E-state index contributed by atoms with van der Waals surface area (Å²) in [5.74, 6) is 1.41. The van der Waals surface area contributed by atoms with Gasteiger partial charge in [-0.1, -0.05) is 27.7 Å². The van der Waals surface area contributed by atoms with E-state index in [2.05, 4.69) is 51.6 Å². The molecule has 0 aromatic heterocycles. The Labute approximate surface area is 126 Å². The van der Waals surface area contributed by atoms with Crippen molar-refractivity contribution in [1.82, 2.24) is 9.80 Å². The van der Waals surface area contributed by atoms with Gasteiger partial charge in [0.15, 0.2) is 0 Å². The number of rotatable bonds is 8. The molecule has 20 heavy (non-hydrogen) atoms. The first-order valence-corrected chi connectivity index (χ1v) is 8.42. The summed E-state index contributed by atoms with van der Waals surface area (Å²) in [5, 5.41) is 0. The minimum Gasteiger partial charge on any atom is -0.329 e. The molecule has 1 rings (SSSR count). The molecule has 0 radical (unpaired) electrons. The van der Waals surface area contributed by atoms with Gasteiger partial charge in [-0.25, -0.2) is 0 Å². The summed E-state index contributed by atoms with van der Waals surface area (Å²) in [5.41, 5.74) is 6.53. The Bertz CT molecular complexity index is 263. The molecule has 2 N–H and O–H groups in total. The maximum atomic E-state index is 6.32. The largest absolute Gasteiger partial charge is 0.329 e. The minimum atomic E-state index is 0.208. The van der Waals surface area contributed by atoms with Gasteiger partial charge in [-0.15, -0.1) is 0 Å². The molecule has 1 fully saturated rings. The van der Waals surface area contributed by atoms with Crippen molar-refractivity contribution >= 4 is 0 Å². The first-order valence-electron chi connectivity index (χ1n) is 8.42. The fraction of sp³-hybridized carbons (Fsp3) is 1.00. The maximum Gasteiger partial charge on any atom is 0.0340 e. The monoisotopic (exact) mass is 283 g/mol. The third-order valence-electron chi connectivity index (χ3n) is 4.52. The third kappa shape index (κ3) is 4.71. The van der Waals surface area contributed by atoms with Crippen molar-refractivity contribution in [2.45, 2.75) is 65.0 Å². The normalized spacial score (nSPS) is 21.6. The average molecular weight is 284 g/mol. The van der Waals surface area contributed by atoms with Gasteiger partial charge in [0, 0.05) is 24.7 Å². The summed E-state index contributed by atoms with van der Waals surface area (Å²) < 4.78 is 0. The van der Waals surface area contributed by atoms with Crippen LogP contribution < -0.4 is 5.73 Å². The Kier molecular flexibility index (Phi) is 6.96. The molecule has 0 amide bonds. The second-order valence-electron chi connectivity index (χ2n) is 7.88. The van der Waals surface area contributed by atoms with E-state index in [4.69, 9.17) is 5.73 Å². The van der Waals surface area contributed by atoms with E-state index in [1.165, 1.54) is 32.2 Å². The zero-order chi connectivity index (χ0) is 15.3. The highest BCUT2D eigenvalue weighted by molar-refractivity contribution is 4.99. The first kappa shape index (κ1) is 17.9. The van der Waals surface area contributed by atoms with E-state index in [0.29, 0.717) is 17.9 Å². The number of hydrogen-bond acceptors (Lipinski definition) is 3. The van der Waals surface area contributed by atoms with Crippen LogP contribution in [-0.2, 0) is 0 Å². The minimum absolute atomic E-state index is 0.208. The van der Waals surface area contributed by atoms with Gasteiger partial charge < -0.3 is 10.6 Å². The highest BCUT2D eigenvalue weighted by Gasteiger charge is 2.42. The molecule has 0 spiro atoms. The molecule has 0 saturated carbocycles. The summed E-state index contributed by atoms with van der Waals surface area (Å²) in [6.07, 6.45) is 5.11. The van der Waals surface area contributed by atoms with Crippen molar-refractivity contribution in [2.75, 3.05) is 33.7 Å². The average Bonchev–Trinajstić information content (AvgIpc) is 2.74. The Morgan fingerprint density at radius 3 is 2.10 bits per heavy atom. The second kappa shape index (κ2) is 7.77. The van der Waals surface area contributed by atoms with Crippen molar-refractivity contribution in [1.29, 1.82) is 0 Å². The quantitative estimate of drug-likeness (QED) is 0.743. The van der Waals surface area contributed by atoms with E-state index in [1.54, 1.807) is 0 Å². The molecule has 0 aromatic carbocycles.